The van der Waals surface area contributed by atoms with Crippen LogP contribution in [0.4, 0.5) is 34.9 Å². The SMILES string of the molecule is C[C@H]1CN(c2cc(F)c(-c3cnc(N4CCN(C5CC5)CC4)nc3)cc2NC(=O)c2cn(C)c(=O)cc2C(F)(F)F)CCN1C. The van der Waals surface area contributed by atoms with Crippen molar-refractivity contribution in [2.45, 2.75) is 38.0 Å². The Morgan fingerprint density at radius 1 is 0.956 bits per heavy atom. The number of anilines is 3. The number of rotatable bonds is 6. The second-order valence-corrected chi connectivity index (χ2v) is 12.2. The minimum absolute atomic E-state index is 0.0952. The highest BCUT2D eigenvalue weighted by molar-refractivity contribution is 6.07. The van der Waals surface area contributed by atoms with E-state index in [1.807, 2.05) is 18.9 Å². The summed E-state index contributed by atoms with van der Waals surface area (Å²) < 4.78 is 58.3. The van der Waals surface area contributed by atoms with Crippen molar-refractivity contribution in [3.05, 3.63) is 64.1 Å². The molecule has 1 aliphatic carbocycles. The lowest BCUT2D eigenvalue weighted by Crippen LogP contribution is -2.50. The summed E-state index contributed by atoms with van der Waals surface area (Å²) in [5.41, 5.74) is -2.03. The van der Waals surface area contributed by atoms with E-state index in [0.717, 1.165) is 36.9 Å². The number of carbonyl (C=O) groups is 1. The number of nitrogens with zero attached hydrogens (tertiary/aromatic N) is 7. The Bertz CT molecular complexity index is 1630. The largest absolute Gasteiger partial charge is 0.417 e. The van der Waals surface area contributed by atoms with Crippen LogP contribution in [0.15, 0.2) is 41.6 Å². The zero-order chi connectivity index (χ0) is 32.0. The van der Waals surface area contributed by atoms with Gasteiger partial charge in [-0.25, -0.2) is 14.4 Å². The lowest BCUT2D eigenvalue weighted by atomic mass is 10.0. The predicted molar refractivity (Wildman–Crippen MR) is 163 cm³/mol. The molecule has 10 nitrogen and oxygen atoms in total. The molecule has 3 fully saturated rings. The van der Waals surface area contributed by atoms with Gasteiger partial charge >= 0.3 is 6.18 Å². The summed E-state index contributed by atoms with van der Waals surface area (Å²) >= 11 is 0. The Hall–Kier alpha value is -4.04. The summed E-state index contributed by atoms with van der Waals surface area (Å²) in [4.78, 5) is 43.1. The minimum Gasteiger partial charge on any atom is -0.367 e. The van der Waals surface area contributed by atoms with Crippen LogP contribution in [-0.4, -0.2) is 95.2 Å². The van der Waals surface area contributed by atoms with Gasteiger partial charge in [0, 0.05) is 101 Å². The standard InChI is InChI=1S/C31H36F4N8O2/c1-19-17-43(7-6-39(19)2)27-14-25(32)22(20-15-36-30(37-16-20)42-10-8-41(9-11-42)21-4-5-21)12-26(27)38-29(45)23-18-40(3)28(44)13-24(23)31(33,34)35/h12-16,18-19,21H,4-11,17H2,1-3H3,(H,38,45)/t19-/m0/s1. The van der Waals surface area contributed by atoms with Crippen molar-refractivity contribution in [2.24, 2.45) is 7.05 Å². The van der Waals surface area contributed by atoms with Gasteiger partial charge in [-0.2, -0.15) is 13.2 Å². The Morgan fingerprint density at radius 3 is 2.24 bits per heavy atom. The third-order valence-electron chi connectivity index (χ3n) is 9.02. The van der Waals surface area contributed by atoms with Gasteiger partial charge in [0.2, 0.25) is 5.95 Å². The van der Waals surface area contributed by atoms with Gasteiger partial charge in [0.25, 0.3) is 11.5 Å². The normalized spacial score (nSPS) is 20.0. The van der Waals surface area contributed by atoms with Crippen molar-refractivity contribution < 1.29 is 22.4 Å². The number of hydrogen-bond donors (Lipinski definition) is 1. The molecule has 2 saturated heterocycles. The van der Waals surface area contributed by atoms with Crippen molar-refractivity contribution in [1.82, 2.24) is 24.3 Å². The first kappa shape index (κ1) is 31.0. The van der Waals surface area contributed by atoms with Crippen molar-refractivity contribution in [1.29, 1.82) is 0 Å². The molecule has 0 bridgehead atoms. The van der Waals surface area contributed by atoms with E-state index in [2.05, 4.69) is 30.0 Å². The molecule has 6 rings (SSSR count). The smallest absolute Gasteiger partial charge is 0.367 e. The van der Waals surface area contributed by atoms with Gasteiger partial charge in [-0.3, -0.25) is 14.5 Å². The molecule has 14 heteroatoms. The molecule has 1 saturated carbocycles. The maximum atomic E-state index is 15.8. The molecule has 1 atom stereocenters. The number of alkyl halides is 3. The van der Waals surface area contributed by atoms with E-state index in [4.69, 9.17) is 0 Å². The van der Waals surface area contributed by atoms with E-state index in [-0.39, 0.29) is 17.3 Å². The molecule has 0 unspecified atom stereocenters. The van der Waals surface area contributed by atoms with Gasteiger partial charge in [0.05, 0.1) is 22.5 Å². The van der Waals surface area contributed by atoms with E-state index in [9.17, 15) is 22.8 Å². The average Bonchev–Trinajstić information content (AvgIpc) is 3.86. The van der Waals surface area contributed by atoms with Crippen LogP contribution in [0.2, 0.25) is 0 Å². The zero-order valence-corrected chi connectivity index (χ0v) is 25.4. The number of aromatic nitrogens is 3. The zero-order valence-electron chi connectivity index (χ0n) is 25.4. The van der Waals surface area contributed by atoms with Crippen LogP contribution in [0, 0.1) is 5.82 Å². The first-order chi connectivity index (χ1) is 21.4. The Kier molecular flexibility index (Phi) is 8.29. The third kappa shape index (κ3) is 6.52. The van der Waals surface area contributed by atoms with Crippen LogP contribution in [0.3, 0.4) is 0 Å². The highest BCUT2D eigenvalue weighted by atomic mass is 19.4. The number of halogens is 4. The quantitative estimate of drug-likeness (QED) is 0.414. The number of piperazine rings is 2. The van der Waals surface area contributed by atoms with E-state index < -0.39 is 34.6 Å². The van der Waals surface area contributed by atoms with Crippen molar-refractivity contribution in [3.63, 3.8) is 0 Å². The van der Waals surface area contributed by atoms with Crippen LogP contribution in [-0.2, 0) is 13.2 Å². The summed E-state index contributed by atoms with van der Waals surface area (Å²) in [5.74, 6) is -1.11. The molecular weight excluding hydrogens is 592 g/mol. The summed E-state index contributed by atoms with van der Waals surface area (Å²) in [7, 11) is 3.24. The molecule has 0 radical (unpaired) electrons. The Morgan fingerprint density at radius 2 is 1.62 bits per heavy atom. The number of nitrogens with one attached hydrogen (secondary N) is 1. The van der Waals surface area contributed by atoms with Gasteiger partial charge in [0.15, 0.2) is 0 Å². The maximum Gasteiger partial charge on any atom is 0.417 e. The van der Waals surface area contributed by atoms with Crippen molar-refractivity contribution in [3.8, 4) is 11.1 Å². The van der Waals surface area contributed by atoms with Gasteiger partial charge in [-0.05, 0) is 38.9 Å². The molecule has 45 heavy (non-hydrogen) atoms. The fourth-order valence-corrected chi connectivity index (χ4v) is 6.00. The maximum absolute atomic E-state index is 15.8. The number of amides is 1. The Labute approximate surface area is 258 Å². The van der Waals surface area contributed by atoms with Gasteiger partial charge < -0.3 is 24.6 Å². The summed E-state index contributed by atoms with van der Waals surface area (Å²) in [6.07, 6.45) is 1.46. The van der Waals surface area contributed by atoms with Crippen LogP contribution >= 0.6 is 0 Å². The fraction of sp³-hybridized carbons (Fsp3) is 0.484. The molecule has 1 amide bonds. The molecule has 2 aromatic heterocycles. The van der Waals surface area contributed by atoms with Crippen molar-refractivity contribution in [2.75, 3.05) is 68.0 Å². The second kappa shape index (κ2) is 12.0. The van der Waals surface area contributed by atoms with Crippen molar-refractivity contribution >= 4 is 23.2 Å². The van der Waals surface area contributed by atoms with E-state index in [1.54, 1.807) is 0 Å². The topological polar surface area (TPSA) is 89.8 Å². The molecule has 2 aliphatic heterocycles. The number of carbonyl (C=O) groups excluding carboxylic acids is 1. The summed E-state index contributed by atoms with van der Waals surface area (Å²) in [6, 6.07) is 3.91. The van der Waals surface area contributed by atoms with Crippen LogP contribution in [0.5, 0.6) is 0 Å². The van der Waals surface area contributed by atoms with E-state index in [1.165, 1.54) is 44.4 Å². The highest BCUT2D eigenvalue weighted by Gasteiger charge is 2.37. The van der Waals surface area contributed by atoms with E-state index in [0.29, 0.717) is 48.9 Å². The lowest BCUT2D eigenvalue weighted by molar-refractivity contribution is -0.138. The minimum atomic E-state index is -4.94. The molecular formula is C31H36F4N8O2. The first-order valence-electron chi connectivity index (χ1n) is 15.1. The molecule has 0 spiro atoms. The Balaban J connectivity index is 1.33. The second-order valence-electron chi connectivity index (χ2n) is 12.2. The molecule has 3 aromatic rings. The van der Waals surface area contributed by atoms with Crippen LogP contribution in [0.1, 0.15) is 35.7 Å². The molecule has 1 aromatic carbocycles. The van der Waals surface area contributed by atoms with Gasteiger partial charge in [-0.1, -0.05) is 0 Å². The number of hydrogen-bond acceptors (Lipinski definition) is 8. The fourth-order valence-electron chi connectivity index (χ4n) is 6.00. The van der Waals surface area contributed by atoms with E-state index >= 15 is 4.39 Å². The monoisotopic (exact) mass is 628 g/mol. The summed E-state index contributed by atoms with van der Waals surface area (Å²) in [5, 5.41) is 2.60. The highest BCUT2D eigenvalue weighted by Crippen LogP contribution is 2.37. The van der Waals surface area contributed by atoms with Crippen LogP contribution in [0.25, 0.3) is 11.1 Å². The summed E-state index contributed by atoms with van der Waals surface area (Å²) in [6.45, 7) is 7.17. The molecule has 4 heterocycles. The molecule has 1 N–H and O–H groups in total. The number of pyridine rings is 1. The molecule has 3 aliphatic rings. The number of likely N-dealkylation sites (N-methyl/N-ethyl adjacent to an activating group) is 1. The average molecular weight is 629 g/mol. The van der Waals surface area contributed by atoms with Gasteiger partial charge in [0.1, 0.15) is 5.82 Å². The first-order valence-corrected chi connectivity index (χ1v) is 15.1. The number of benzene rings is 1. The predicted octanol–water partition coefficient (Wildman–Crippen LogP) is 3.68. The number of aryl methyl sites for hydroxylation is 1. The van der Waals surface area contributed by atoms with Crippen LogP contribution < -0.4 is 20.7 Å². The van der Waals surface area contributed by atoms with Gasteiger partial charge in [-0.15, -0.1) is 0 Å². The lowest BCUT2D eigenvalue weighted by Gasteiger charge is -2.39. The molecule has 240 valence electrons. The third-order valence-corrected chi connectivity index (χ3v) is 9.02.